The fourth-order valence-corrected chi connectivity index (χ4v) is 4.85. The Bertz CT molecular complexity index is 1110. The molecular formula is C24H27N3O2S. The zero-order chi connectivity index (χ0) is 20.9. The van der Waals surface area contributed by atoms with E-state index in [2.05, 4.69) is 13.0 Å². The van der Waals surface area contributed by atoms with Crippen molar-refractivity contribution in [2.45, 2.75) is 50.7 Å². The van der Waals surface area contributed by atoms with Gasteiger partial charge in [-0.25, -0.2) is 4.98 Å². The molecule has 1 amide bonds. The summed E-state index contributed by atoms with van der Waals surface area (Å²) in [6.45, 7) is 3.53. The molecule has 4 rings (SSSR count). The Morgan fingerprint density at radius 2 is 1.87 bits per heavy atom. The highest BCUT2D eigenvalue weighted by Gasteiger charge is 2.24. The number of amides is 1. The number of hydrogen-bond donors (Lipinski definition) is 0. The first-order valence-electron chi connectivity index (χ1n) is 10.7. The molecule has 0 aliphatic carbocycles. The first kappa shape index (κ1) is 20.7. The van der Waals surface area contributed by atoms with E-state index in [-0.39, 0.29) is 17.2 Å². The van der Waals surface area contributed by atoms with Gasteiger partial charge in [0.15, 0.2) is 5.16 Å². The van der Waals surface area contributed by atoms with Gasteiger partial charge >= 0.3 is 0 Å². The molecule has 156 valence electrons. The van der Waals surface area contributed by atoms with Gasteiger partial charge in [0, 0.05) is 18.8 Å². The molecule has 0 bridgehead atoms. The summed E-state index contributed by atoms with van der Waals surface area (Å²) in [6.07, 6.45) is 5.23. The normalized spacial score (nSPS) is 13.0. The molecule has 0 spiro atoms. The van der Waals surface area contributed by atoms with Gasteiger partial charge in [-0.05, 0) is 36.6 Å². The molecule has 2 heterocycles. The molecule has 6 heteroatoms. The molecule has 5 nitrogen and oxygen atoms in total. The number of thioether (sulfide) groups is 1. The number of carbonyl (C=O) groups excluding carboxylic acids is 1. The van der Waals surface area contributed by atoms with E-state index in [4.69, 9.17) is 4.98 Å². The van der Waals surface area contributed by atoms with Crippen LogP contribution in [0.1, 0.15) is 38.2 Å². The Balaban J connectivity index is 1.55. The van der Waals surface area contributed by atoms with Gasteiger partial charge in [-0.2, -0.15) is 0 Å². The largest absolute Gasteiger partial charge is 0.311 e. The van der Waals surface area contributed by atoms with Gasteiger partial charge in [0.1, 0.15) is 0 Å². The zero-order valence-corrected chi connectivity index (χ0v) is 18.2. The Morgan fingerprint density at radius 3 is 2.73 bits per heavy atom. The van der Waals surface area contributed by atoms with Crippen molar-refractivity contribution in [2.24, 2.45) is 0 Å². The van der Waals surface area contributed by atoms with Crippen molar-refractivity contribution >= 4 is 34.3 Å². The molecular weight excluding hydrogens is 394 g/mol. The number of fused-ring (bicyclic) bond motifs is 2. The third kappa shape index (κ3) is 4.29. The average Bonchev–Trinajstić information content (AvgIpc) is 3.21. The topological polar surface area (TPSA) is 55.2 Å². The third-order valence-electron chi connectivity index (χ3n) is 5.57. The van der Waals surface area contributed by atoms with Gasteiger partial charge in [0.05, 0.1) is 16.7 Å². The molecule has 3 aromatic rings. The number of rotatable bonds is 8. The maximum atomic E-state index is 13.1. The predicted octanol–water partition coefficient (Wildman–Crippen LogP) is 4.66. The molecule has 0 radical (unpaired) electrons. The van der Waals surface area contributed by atoms with E-state index in [1.165, 1.54) is 17.3 Å². The van der Waals surface area contributed by atoms with Crippen LogP contribution >= 0.6 is 11.8 Å². The minimum atomic E-state index is -0.0152. The molecule has 0 unspecified atom stereocenters. The zero-order valence-electron chi connectivity index (χ0n) is 17.3. The summed E-state index contributed by atoms with van der Waals surface area (Å²) in [5.74, 6) is 0.332. The number of hydrogen-bond acceptors (Lipinski definition) is 4. The number of benzene rings is 2. The lowest BCUT2D eigenvalue weighted by Crippen LogP contribution is -2.31. The maximum Gasteiger partial charge on any atom is 0.262 e. The summed E-state index contributed by atoms with van der Waals surface area (Å²) in [5.41, 5.74) is 2.89. The van der Waals surface area contributed by atoms with Crippen LogP contribution in [0.5, 0.6) is 0 Å². The molecule has 30 heavy (non-hydrogen) atoms. The highest BCUT2D eigenvalue weighted by molar-refractivity contribution is 7.99. The van der Waals surface area contributed by atoms with E-state index < -0.39 is 0 Å². The van der Waals surface area contributed by atoms with Crippen LogP contribution in [0.25, 0.3) is 10.9 Å². The lowest BCUT2D eigenvalue weighted by Gasteiger charge is -2.18. The van der Waals surface area contributed by atoms with Gasteiger partial charge in [-0.1, -0.05) is 68.3 Å². The molecule has 0 saturated heterocycles. The second-order valence-electron chi connectivity index (χ2n) is 7.64. The molecule has 0 atom stereocenters. The highest BCUT2D eigenvalue weighted by atomic mass is 32.2. The minimum Gasteiger partial charge on any atom is -0.311 e. The molecule has 1 aliphatic rings. The van der Waals surface area contributed by atoms with Crippen molar-refractivity contribution in [3.05, 3.63) is 64.4 Å². The fraction of sp³-hybridized carbons (Fsp3) is 0.375. The first-order valence-corrected chi connectivity index (χ1v) is 11.7. The lowest BCUT2D eigenvalue weighted by atomic mass is 10.2. The van der Waals surface area contributed by atoms with Crippen molar-refractivity contribution < 1.29 is 4.79 Å². The van der Waals surface area contributed by atoms with Gasteiger partial charge in [0.25, 0.3) is 5.56 Å². The molecule has 1 aromatic heterocycles. The van der Waals surface area contributed by atoms with E-state index in [0.29, 0.717) is 29.1 Å². The number of para-hydroxylation sites is 2. The van der Waals surface area contributed by atoms with E-state index in [1.54, 1.807) is 4.57 Å². The lowest BCUT2D eigenvalue weighted by molar-refractivity contribution is -0.116. The van der Waals surface area contributed by atoms with Crippen LogP contribution in [0, 0.1) is 0 Å². The second kappa shape index (κ2) is 9.47. The summed E-state index contributed by atoms with van der Waals surface area (Å²) in [7, 11) is 0. The summed E-state index contributed by atoms with van der Waals surface area (Å²) in [5, 5.41) is 1.27. The summed E-state index contributed by atoms with van der Waals surface area (Å²) in [4.78, 5) is 32.6. The maximum absolute atomic E-state index is 13.1. The molecule has 1 aliphatic heterocycles. The van der Waals surface area contributed by atoms with Crippen LogP contribution < -0.4 is 10.5 Å². The quantitative estimate of drug-likeness (QED) is 0.302. The van der Waals surface area contributed by atoms with Crippen LogP contribution in [-0.2, 0) is 17.8 Å². The van der Waals surface area contributed by atoms with E-state index in [9.17, 15) is 9.59 Å². The van der Waals surface area contributed by atoms with E-state index in [1.807, 2.05) is 47.4 Å². The minimum absolute atomic E-state index is 0.0152. The van der Waals surface area contributed by atoms with Crippen LogP contribution in [0.3, 0.4) is 0 Å². The average molecular weight is 422 g/mol. The Labute approximate surface area is 181 Å². The van der Waals surface area contributed by atoms with Crippen LogP contribution in [0.15, 0.2) is 58.5 Å². The smallest absolute Gasteiger partial charge is 0.262 e. The van der Waals surface area contributed by atoms with Crippen molar-refractivity contribution in [1.29, 1.82) is 0 Å². The standard InChI is InChI=1S/C24H27N3O2S/c1-2-3-4-9-15-27-23(29)19-11-6-7-12-20(19)25-24(27)30-17-22(28)26-16-14-18-10-5-8-13-21(18)26/h5-8,10-13H,2-4,9,14-17H2,1H3. The van der Waals surface area contributed by atoms with Crippen molar-refractivity contribution in [3.63, 3.8) is 0 Å². The summed E-state index contributed by atoms with van der Waals surface area (Å²) >= 11 is 1.37. The molecule has 2 aromatic carbocycles. The highest BCUT2D eigenvalue weighted by Crippen LogP contribution is 2.29. The number of nitrogens with zero attached hydrogens (tertiary/aromatic N) is 3. The number of aromatic nitrogens is 2. The van der Waals surface area contributed by atoms with Crippen LogP contribution in [0.4, 0.5) is 5.69 Å². The van der Waals surface area contributed by atoms with Gasteiger partial charge < -0.3 is 4.90 Å². The van der Waals surface area contributed by atoms with Crippen molar-refractivity contribution in [1.82, 2.24) is 9.55 Å². The van der Waals surface area contributed by atoms with E-state index in [0.717, 1.165) is 37.8 Å². The summed E-state index contributed by atoms with van der Waals surface area (Å²) in [6, 6.07) is 15.5. The molecule has 0 saturated carbocycles. The fourth-order valence-electron chi connectivity index (χ4n) is 3.95. The monoisotopic (exact) mass is 421 g/mol. The second-order valence-corrected chi connectivity index (χ2v) is 8.58. The van der Waals surface area contributed by atoms with Crippen molar-refractivity contribution in [3.8, 4) is 0 Å². The van der Waals surface area contributed by atoms with Crippen molar-refractivity contribution in [2.75, 3.05) is 17.2 Å². The number of carbonyl (C=O) groups is 1. The van der Waals surface area contributed by atoms with Gasteiger partial charge in [-0.3, -0.25) is 14.2 Å². The SMILES string of the molecule is CCCCCCn1c(SCC(=O)N2CCc3ccccc32)nc2ccccc2c1=O. The Hall–Kier alpha value is -2.60. The molecule has 0 N–H and O–H groups in total. The Kier molecular flexibility index (Phi) is 6.53. The van der Waals surface area contributed by atoms with Crippen LogP contribution in [0.2, 0.25) is 0 Å². The third-order valence-corrected chi connectivity index (χ3v) is 6.54. The number of anilines is 1. The van der Waals surface area contributed by atoms with Gasteiger partial charge in [-0.15, -0.1) is 0 Å². The first-order chi connectivity index (χ1) is 14.7. The molecule has 0 fully saturated rings. The Morgan fingerprint density at radius 1 is 1.07 bits per heavy atom. The summed E-state index contributed by atoms with van der Waals surface area (Å²) < 4.78 is 1.76. The van der Waals surface area contributed by atoms with E-state index >= 15 is 0 Å². The number of unbranched alkanes of at least 4 members (excludes halogenated alkanes) is 3. The van der Waals surface area contributed by atoms with Gasteiger partial charge in [0.2, 0.25) is 5.91 Å². The van der Waals surface area contributed by atoms with Crippen LogP contribution in [-0.4, -0.2) is 27.8 Å². The predicted molar refractivity (Wildman–Crippen MR) is 123 cm³/mol.